The van der Waals surface area contributed by atoms with Crippen molar-refractivity contribution in [2.45, 2.75) is 57.7 Å². The summed E-state index contributed by atoms with van der Waals surface area (Å²) in [5, 5.41) is 6.47. The highest BCUT2D eigenvalue weighted by atomic mass is 28.3. The molecule has 0 saturated carbocycles. The predicted octanol–water partition coefficient (Wildman–Crippen LogP) is 8.14. The Balaban J connectivity index is 1.33. The van der Waals surface area contributed by atoms with E-state index in [0.717, 1.165) is 41.8 Å². The molecule has 0 fully saturated rings. The number of hydrogen-bond donors (Lipinski definition) is 1. The molecule has 7 rings (SSSR count). The standard InChI is InChI=1S/C42H42N2O2Si/c1-41(2,3)36-27-16-28-37-35(36)26-17-29-42(37,46-47(33-22-12-6-13-23-33)34-24-14-7-15-25-34)43-30-38-44-39(31-18-8-4-9-19-31)40(45-38)32-20-10-5-11-21-32/h4-16,18-25,27-28,43,47H,17,26,29-30H2,1-3H3/t42-/m1/s1. The lowest BCUT2D eigenvalue weighted by Crippen LogP contribution is -2.56. The maximum Gasteiger partial charge on any atom is 0.242 e. The van der Waals surface area contributed by atoms with Crippen molar-refractivity contribution in [1.82, 2.24) is 10.3 Å². The van der Waals surface area contributed by atoms with Gasteiger partial charge in [-0.3, -0.25) is 5.32 Å². The minimum absolute atomic E-state index is 0.0157. The predicted molar refractivity (Wildman–Crippen MR) is 194 cm³/mol. The third-order valence-corrected chi connectivity index (χ3v) is 11.8. The van der Waals surface area contributed by atoms with Crippen molar-refractivity contribution in [3.8, 4) is 22.6 Å². The Morgan fingerprint density at radius 3 is 1.89 bits per heavy atom. The molecule has 5 aromatic carbocycles. The lowest BCUT2D eigenvalue weighted by molar-refractivity contribution is 0.00797. The first-order chi connectivity index (χ1) is 22.9. The summed E-state index contributed by atoms with van der Waals surface area (Å²) in [7, 11) is -2.15. The molecule has 5 heteroatoms. The van der Waals surface area contributed by atoms with Gasteiger partial charge in [0.05, 0.1) is 6.54 Å². The smallest absolute Gasteiger partial charge is 0.242 e. The molecule has 47 heavy (non-hydrogen) atoms. The maximum atomic E-state index is 7.63. The Hall–Kier alpha value is -4.55. The molecule has 236 valence electrons. The van der Waals surface area contributed by atoms with Crippen LogP contribution in [0.25, 0.3) is 22.6 Å². The Kier molecular flexibility index (Phi) is 8.78. The van der Waals surface area contributed by atoms with Gasteiger partial charge in [0.2, 0.25) is 14.9 Å². The second-order valence-corrected chi connectivity index (χ2v) is 15.8. The van der Waals surface area contributed by atoms with Crippen molar-refractivity contribution in [3.63, 3.8) is 0 Å². The number of nitrogens with zero attached hydrogens (tertiary/aromatic N) is 1. The highest BCUT2D eigenvalue weighted by Gasteiger charge is 2.42. The molecule has 0 aliphatic heterocycles. The lowest BCUT2D eigenvalue weighted by atomic mass is 9.75. The summed E-state index contributed by atoms with van der Waals surface area (Å²) in [6, 6.07) is 48.9. The molecule has 0 unspecified atom stereocenters. The number of oxazole rings is 1. The average molecular weight is 635 g/mol. The highest BCUT2D eigenvalue weighted by Crippen LogP contribution is 2.42. The summed E-state index contributed by atoms with van der Waals surface area (Å²) in [6.45, 7) is 7.35. The number of benzene rings is 5. The summed E-state index contributed by atoms with van der Waals surface area (Å²) >= 11 is 0. The minimum atomic E-state index is -2.15. The van der Waals surface area contributed by atoms with Gasteiger partial charge in [-0.1, -0.05) is 160 Å². The molecule has 0 bridgehead atoms. The molecular weight excluding hydrogens is 593 g/mol. The second-order valence-electron chi connectivity index (χ2n) is 13.5. The quantitative estimate of drug-likeness (QED) is 0.129. The summed E-state index contributed by atoms with van der Waals surface area (Å²) < 4.78 is 14.2. The van der Waals surface area contributed by atoms with Crippen molar-refractivity contribution < 1.29 is 8.84 Å². The molecule has 1 N–H and O–H groups in total. The van der Waals surface area contributed by atoms with Gasteiger partial charge in [-0.2, -0.15) is 0 Å². The topological polar surface area (TPSA) is 47.3 Å². The van der Waals surface area contributed by atoms with Gasteiger partial charge in [0.25, 0.3) is 0 Å². The van der Waals surface area contributed by atoms with E-state index < -0.39 is 14.8 Å². The maximum absolute atomic E-state index is 7.63. The van der Waals surface area contributed by atoms with Gasteiger partial charge in [0.1, 0.15) is 11.4 Å². The largest absolute Gasteiger partial charge is 0.439 e. The Bertz CT molecular complexity index is 1820. The number of rotatable bonds is 9. The van der Waals surface area contributed by atoms with Gasteiger partial charge >= 0.3 is 0 Å². The number of nitrogens with one attached hydrogen (secondary N) is 1. The Labute approximate surface area is 280 Å². The van der Waals surface area contributed by atoms with E-state index in [4.69, 9.17) is 13.8 Å². The van der Waals surface area contributed by atoms with Crippen molar-refractivity contribution in [2.75, 3.05) is 0 Å². The number of fused-ring (bicyclic) bond motifs is 1. The van der Waals surface area contributed by atoms with Gasteiger partial charge in [-0.15, -0.1) is 0 Å². The summed E-state index contributed by atoms with van der Waals surface area (Å²) in [4.78, 5) is 5.11. The van der Waals surface area contributed by atoms with Crippen molar-refractivity contribution in [3.05, 3.63) is 162 Å². The van der Waals surface area contributed by atoms with E-state index >= 15 is 0 Å². The van der Waals surface area contributed by atoms with E-state index in [0.29, 0.717) is 12.4 Å². The molecule has 0 spiro atoms. The molecular formula is C42H42N2O2Si. The van der Waals surface area contributed by atoms with Crippen molar-refractivity contribution in [2.24, 2.45) is 0 Å². The fourth-order valence-corrected chi connectivity index (χ4v) is 9.49. The Morgan fingerprint density at radius 2 is 1.30 bits per heavy atom. The average Bonchev–Trinajstić information content (AvgIpc) is 3.55. The fraction of sp³-hybridized carbons (Fsp3) is 0.214. The molecule has 0 amide bonds. The molecule has 0 radical (unpaired) electrons. The molecule has 0 saturated heterocycles. The molecule has 6 aromatic rings. The summed E-state index contributed by atoms with van der Waals surface area (Å²) in [5.41, 5.74) is 6.21. The molecule has 4 nitrogen and oxygen atoms in total. The molecule has 1 heterocycles. The van der Waals surface area contributed by atoms with Crippen LogP contribution < -0.4 is 15.7 Å². The van der Waals surface area contributed by atoms with Crippen LogP contribution in [0.3, 0.4) is 0 Å². The zero-order valence-electron chi connectivity index (χ0n) is 27.4. The van der Waals surface area contributed by atoms with Gasteiger partial charge in [-0.25, -0.2) is 4.98 Å². The van der Waals surface area contributed by atoms with E-state index in [2.05, 4.69) is 129 Å². The van der Waals surface area contributed by atoms with Crippen LogP contribution in [0.5, 0.6) is 0 Å². The number of hydrogen-bond acceptors (Lipinski definition) is 4. The Morgan fingerprint density at radius 1 is 0.723 bits per heavy atom. The van der Waals surface area contributed by atoms with E-state index in [-0.39, 0.29) is 5.41 Å². The number of aromatic nitrogens is 1. The van der Waals surface area contributed by atoms with Crippen LogP contribution in [0, 0.1) is 0 Å². The summed E-state index contributed by atoms with van der Waals surface area (Å²) in [6.07, 6.45) is 2.91. The highest BCUT2D eigenvalue weighted by molar-refractivity contribution is 6.80. The van der Waals surface area contributed by atoms with Crippen LogP contribution in [0.4, 0.5) is 0 Å². The third kappa shape index (κ3) is 6.52. The first-order valence-corrected chi connectivity index (χ1v) is 18.3. The summed E-state index contributed by atoms with van der Waals surface area (Å²) in [5.74, 6) is 1.42. The van der Waals surface area contributed by atoms with Gasteiger partial charge in [-0.05, 0) is 46.2 Å². The van der Waals surface area contributed by atoms with E-state index in [1.807, 2.05) is 36.4 Å². The van der Waals surface area contributed by atoms with E-state index in [9.17, 15) is 0 Å². The van der Waals surface area contributed by atoms with Crippen LogP contribution in [0.15, 0.2) is 144 Å². The molecule has 1 aliphatic carbocycles. The zero-order chi connectivity index (χ0) is 32.3. The van der Waals surface area contributed by atoms with Crippen LogP contribution in [-0.2, 0) is 28.5 Å². The molecule has 1 aromatic heterocycles. The zero-order valence-corrected chi connectivity index (χ0v) is 28.6. The van der Waals surface area contributed by atoms with Crippen molar-refractivity contribution >= 4 is 19.4 Å². The van der Waals surface area contributed by atoms with Crippen LogP contribution >= 0.6 is 0 Å². The molecule has 1 aliphatic rings. The normalized spacial score (nSPS) is 16.3. The van der Waals surface area contributed by atoms with Gasteiger partial charge in [0.15, 0.2) is 5.76 Å². The van der Waals surface area contributed by atoms with Gasteiger partial charge < -0.3 is 8.84 Å². The lowest BCUT2D eigenvalue weighted by Gasteiger charge is -2.44. The van der Waals surface area contributed by atoms with Gasteiger partial charge in [0, 0.05) is 16.7 Å². The third-order valence-electron chi connectivity index (χ3n) is 9.18. The van der Waals surface area contributed by atoms with E-state index in [1.165, 1.54) is 27.1 Å². The van der Waals surface area contributed by atoms with Crippen LogP contribution in [0.1, 0.15) is 56.2 Å². The first kappa shape index (κ1) is 31.1. The minimum Gasteiger partial charge on any atom is -0.439 e. The second kappa shape index (κ2) is 13.3. The monoisotopic (exact) mass is 634 g/mol. The van der Waals surface area contributed by atoms with Crippen LogP contribution in [0.2, 0.25) is 0 Å². The molecule has 1 atom stereocenters. The van der Waals surface area contributed by atoms with Crippen LogP contribution in [-0.4, -0.2) is 14.0 Å². The fourth-order valence-electron chi connectivity index (χ4n) is 6.95. The van der Waals surface area contributed by atoms with E-state index in [1.54, 1.807) is 0 Å². The SMILES string of the molecule is CC(C)(C)c1cccc2c1CCC[C@@]2(NCc1nc(-c2ccccc2)c(-c2ccccc2)o1)O[SiH](c1ccccc1)c1ccccc1. The first-order valence-electron chi connectivity index (χ1n) is 16.7. The van der Waals surface area contributed by atoms with Crippen molar-refractivity contribution in [1.29, 1.82) is 0 Å².